The first kappa shape index (κ1) is 14.8. The Morgan fingerprint density at radius 1 is 1.27 bits per heavy atom. The van der Waals surface area contributed by atoms with Crippen LogP contribution in [0.4, 0.5) is 11.4 Å². The van der Waals surface area contributed by atoms with E-state index in [1.807, 2.05) is 19.9 Å². The van der Waals surface area contributed by atoms with E-state index in [0.717, 1.165) is 21.5 Å². The molecule has 0 radical (unpaired) electrons. The summed E-state index contributed by atoms with van der Waals surface area (Å²) in [6.07, 6.45) is 0. The van der Waals surface area contributed by atoms with E-state index in [-0.39, 0.29) is 5.91 Å². The average Bonchev–Trinajstić information content (AvgIpc) is 2.78. The summed E-state index contributed by atoms with van der Waals surface area (Å²) < 4.78 is 0. The molecule has 0 saturated carbocycles. The summed E-state index contributed by atoms with van der Waals surface area (Å²) in [6.45, 7) is 3.98. The van der Waals surface area contributed by atoms with E-state index in [1.165, 1.54) is 11.3 Å². The van der Waals surface area contributed by atoms with Crippen LogP contribution in [0.3, 0.4) is 0 Å². The van der Waals surface area contributed by atoms with Gasteiger partial charge in [-0.05, 0) is 36.8 Å². The zero-order valence-corrected chi connectivity index (χ0v) is 13.7. The second kappa shape index (κ2) is 5.59. The van der Waals surface area contributed by atoms with Crippen LogP contribution in [0.2, 0.25) is 5.02 Å². The molecular weight excluding hydrogens is 318 g/mol. The molecule has 0 fully saturated rings. The van der Waals surface area contributed by atoms with Crippen LogP contribution in [-0.4, -0.2) is 5.91 Å². The number of rotatable bonds is 2. The van der Waals surface area contributed by atoms with Gasteiger partial charge in [0.05, 0.1) is 11.1 Å². The Kier molecular flexibility index (Phi) is 3.76. The second-order valence-corrected chi connectivity index (χ2v) is 6.60. The number of nitrogen functional groups attached to an aromatic ring is 1. The summed E-state index contributed by atoms with van der Waals surface area (Å²) in [7, 11) is 0. The molecule has 3 aromatic rings. The molecule has 1 amide bonds. The van der Waals surface area contributed by atoms with Crippen molar-refractivity contribution in [3.8, 4) is 0 Å². The van der Waals surface area contributed by atoms with Gasteiger partial charge in [0.15, 0.2) is 5.69 Å². The molecule has 6 heteroatoms. The van der Waals surface area contributed by atoms with Crippen molar-refractivity contribution in [2.75, 3.05) is 11.1 Å². The van der Waals surface area contributed by atoms with E-state index in [9.17, 15) is 4.79 Å². The van der Waals surface area contributed by atoms with Crippen molar-refractivity contribution in [2.45, 2.75) is 13.8 Å². The predicted octanol–water partition coefficient (Wildman–Crippen LogP) is 3.82. The number of amides is 1. The third-order valence-electron chi connectivity index (χ3n) is 3.39. The minimum Gasteiger partial charge on any atom is -0.397 e. The van der Waals surface area contributed by atoms with Crippen LogP contribution >= 0.6 is 22.9 Å². The Morgan fingerprint density at radius 2 is 1.95 bits per heavy atom. The molecular formula is C16H15ClN3OS+. The van der Waals surface area contributed by atoms with Crippen LogP contribution in [0.25, 0.3) is 10.2 Å². The first-order valence-electron chi connectivity index (χ1n) is 6.74. The molecule has 22 heavy (non-hydrogen) atoms. The number of hydrogen-bond acceptors (Lipinski definition) is 3. The first-order chi connectivity index (χ1) is 10.5. The number of fused-ring (bicyclic) bond motifs is 1. The lowest BCUT2D eigenvalue weighted by molar-refractivity contribution is -0.351. The molecule has 0 atom stereocenters. The van der Waals surface area contributed by atoms with Gasteiger partial charge >= 0.3 is 0 Å². The van der Waals surface area contributed by atoms with Gasteiger partial charge in [-0.25, -0.2) is 0 Å². The molecule has 112 valence electrons. The number of benzene rings is 1. The highest BCUT2D eigenvalue weighted by Gasteiger charge is 2.22. The van der Waals surface area contributed by atoms with Gasteiger partial charge < -0.3 is 11.1 Å². The summed E-state index contributed by atoms with van der Waals surface area (Å²) in [5, 5.41) is 4.38. The van der Waals surface area contributed by atoms with Crippen LogP contribution in [0.5, 0.6) is 0 Å². The fourth-order valence-corrected chi connectivity index (χ4v) is 3.70. The van der Waals surface area contributed by atoms with E-state index >= 15 is 0 Å². The van der Waals surface area contributed by atoms with Crippen LogP contribution < -0.4 is 16.0 Å². The van der Waals surface area contributed by atoms with Crippen molar-refractivity contribution >= 4 is 50.4 Å². The molecule has 0 bridgehead atoms. The quantitative estimate of drug-likeness (QED) is 0.749. The second-order valence-electron chi connectivity index (χ2n) is 5.15. The largest absolute Gasteiger partial charge is 0.397 e. The van der Waals surface area contributed by atoms with Crippen molar-refractivity contribution in [1.82, 2.24) is 0 Å². The number of H-pyrrole nitrogens is 1. The molecule has 2 heterocycles. The Bertz CT molecular complexity index is 871. The number of halogens is 1. The van der Waals surface area contributed by atoms with E-state index in [2.05, 4.69) is 10.3 Å². The summed E-state index contributed by atoms with van der Waals surface area (Å²) >= 11 is 7.21. The van der Waals surface area contributed by atoms with E-state index in [0.29, 0.717) is 21.3 Å². The van der Waals surface area contributed by atoms with Crippen molar-refractivity contribution in [3.63, 3.8) is 0 Å². The average molecular weight is 333 g/mol. The lowest BCUT2D eigenvalue weighted by Crippen LogP contribution is -2.11. The van der Waals surface area contributed by atoms with Crippen molar-refractivity contribution < 1.29 is 9.78 Å². The van der Waals surface area contributed by atoms with Gasteiger partial charge in [-0.15, -0.1) is 0 Å². The number of anilines is 2. The molecule has 4 nitrogen and oxygen atoms in total. The van der Waals surface area contributed by atoms with Gasteiger partial charge in [-0.2, -0.15) is 4.98 Å². The van der Waals surface area contributed by atoms with E-state index in [4.69, 9.17) is 17.3 Å². The number of thiophene rings is 1. The predicted molar refractivity (Wildman–Crippen MR) is 91.7 cm³/mol. The van der Waals surface area contributed by atoms with E-state index in [1.54, 1.807) is 24.3 Å². The minimum absolute atomic E-state index is 0.216. The summed E-state index contributed by atoms with van der Waals surface area (Å²) in [4.78, 5) is 17.1. The highest BCUT2D eigenvalue weighted by molar-refractivity contribution is 7.20. The molecule has 0 saturated heterocycles. The zero-order chi connectivity index (χ0) is 15.9. The fraction of sp³-hybridized carbons (Fsp3) is 0.125. The fourth-order valence-electron chi connectivity index (χ4n) is 2.43. The molecule has 0 aliphatic rings. The highest BCUT2D eigenvalue weighted by atomic mass is 35.5. The number of nitrogens with two attached hydrogens (primary N) is 1. The minimum atomic E-state index is -0.216. The monoisotopic (exact) mass is 332 g/mol. The number of nitrogens with one attached hydrogen (secondary N) is 2. The topological polar surface area (TPSA) is 69.3 Å². The van der Waals surface area contributed by atoms with Gasteiger partial charge in [0, 0.05) is 23.7 Å². The van der Waals surface area contributed by atoms with Crippen molar-refractivity contribution in [1.29, 1.82) is 0 Å². The molecule has 0 unspecified atom stereocenters. The molecule has 4 N–H and O–H groups in total. The van der Waals surface area contributed by atoms with Gasteiger partial charge in [0.2, 0.25) is 0 Å². The Balaban J connectivity index is 1.99. The normalized spacial score (nSPS) is 10.9. The standard InChI is InChI=1S/C16H14ClN3OS/c1-8-7-9(2)19-16-12(8)13(18)14(22-16)15(21)20-11-5-3-10(17)4-6-11/h3-7H,18H2,1-2H3,(H,20,21)/p+1. The van der Waals surface area contributed by atoms with Crippen LogP contribution in [0.15, 0.2) is 30.3 Å². The zero-order valence-electron chi connectivity index (χ0n) is 12.2. The van der Waals surface area contributed by atoms with Crippen molar-refractivity contribution in [3.05, 3.63) is 51.5 Å². The van der Waals surface area contributed by atoms with Crippen LogP contribution in [-0.2, 0) is 0 Å². The Morgan fingerprint density at radius 3 is 2.64 bits per heavy atom. The maximum Gasteiger partial charge on any atom is 0.270 e. The molecule has 3 rings (SSSR count). The number of hydrogen-bond donors (Lipinski definition) is 2. The van der Waals surface area contributed by atoms with Gasteiger partial charge in [0.1, 0.15) is 4.88 Å². The molecule has 0 aliphatic heterocycles. The number of aryl methyl sites for hydroxylation is 2. The number of aromatic amines is 1. The van der Waals surface area contributed by atoms with Gasteiger partial charge in [0.25, 0.3) is 10.7 Å². The number of carbonyl (C=O) groups excluding carboxylic acids is 1. The first-order valence-corrected chi connectivity index (χ1v) is 7.93. The number of carbonyl (C=O) groups is 1. The number of aromatic nitrogens is 1. The molecule has 2 aromatic heterocycles. The lowest BCUT2D eigenvalue weighted by atomic mass is 10.1. The maximum absolute atomic E-state index is 12.5. The summed E-state index contributed by atoms with van der Waals surface area (Å²) in [6, 6.07) is 8.99. The Hall–Kier alpha value is -2.11. The molecule has 0 aliphatic carbocycles. The van der Waals surface area contributed by atoms with E-state index < -0.39 is 0 Å². The maximum atomic E-state index is 12.5. The number of pyridine rings is 1. The Labute approximate surface area is 136 Å². The van der Waals surface area contributed by atoms with Crippen LogP contribution in [0.1, 0.15) is 20.9 Å². The highest BCUT2D eigenvalue weighted by Crippen LogP contribution is 2.33. The third kappa shape index (κ3) is 2.65. The summed E-state index contributed by atoms with van der Waals surface area (Å²) in [5.41, 5.74) is 9.47. The summed E-state index contributed by atoms with van der Waals surface area (Å²) in [5.74, 6) is -0.216. The molecule has 1 aromatic carbocycles. The molecule has 0 spiro atoms. The smallest absolute Gasteiger partial charge is 0.270 e. The van der Waals surface area contributed by atoms with Crippen molar-refractivity contribution in [2.24, 2.45) is 0 Å². The van der Waals surface area contributed by atoms with Gasteiger partial charge in [-0.3, -0.25) is 4.79 Å². The van der Waals surface area contributed by atoms with Gasteiger partial charge in [-0.1, -0.05) is 22.9 Å². The lowest BCUT2D eigenvalue weighted by Gasteiger charge is -2.04. The van der Waals surface area contributed by atoms with Crippen LogP contribution in [0, 0.1) is 13.8 Å². The third-order valence-corrected chi connectivity index (χ3v) is 4.76. The SMILES string of the molecule is Cc1cc(C)c2c(N)c(C(=O)Nc3ccc(Cl)cc3)sc2[nH+]1.